The van der Waals surface area contributed by atoms with E-state index in [1.165, 1.54) is 11.3 Å². The number of carbonyl (C=O) groups excluding carboxylic acids is 1. The number of aromatic nitrogens is 1. The number of anilines is 2. The van der Waals surface area contributed by atoms with Crippen molar-refractivity contribution in [3.05, 3.63) is 12.1 Å². The first-order chi connectivity index (χ1) is 9.53. The lowest BCUT2D eigenvalue weighted by atomic mass is 10.1. The third-order valence-electron chi connectivity index (χ3n) is 3.18. The molecule has 0 bridgehead atoms. The molecule has 0 saturated carbocycles. The van der Waals surface area contributed by atoms with Gasteiger partial charge in [0.15, 0.2) is 5.13 Å². The number of hydrogen-bond acceptors (Lipinski definition) is 5. The summed E-state index contributed by atoms with van der Waals surface area (Å²) in [6.07, 6.45) is 1.49. The number of benzene rings is 1. The summed E-state index contributed by atoms with van der Waals surface area (Å²) in [5.74, 6) is 0.985. The van der Waals surface area contributed by atoms with Gasteiger partial charge in [-0.1, -0.05) is 31.6 Å². The Hall–Kier alpha value is -1.82. The van der Waals surface area contributed by atoms with Crippen molar-refractivity contribution in [2.75, 3.05) is 18.2 Å². The maximum absolute atomic E-state index is 11.9. The molecule has 2 rings (SSSR count). The van der Waals surface area contributed by atoms with Crippen LogP contribution < -0.4 is 15.8 Å². The van der Waals surface area contributed by atoms with Gasteiger partial charge in [-0.05, 0) is 12.0 Å². The zero-order valence-electron chi connectivity index (χ0n) is 11.9. The molecule has 1 aromatic heterocycles. The summed E-state index contributed by atoms with van der Waals surface area (Å²) >= 11 is 1.40. The number of nitrogen functional groups attached to an aromatic ring is 1. The molecular weight excluding hydrogens is 274 g/mol. The number of methoxy groups -OCH3 is 1. The molecule has 5 nitrogen and oxygen atoms in total. The number of amides is 1. The molecule has 0 aliphatic heterocycles. The summed E-state index contributed by atoms with van der Waals surface area (Å²) in [6, 6.07) is 3.56. The normalized spacial score (nSPS) is 12.3. The van der Waals surface area contributed by atoms with Crippen LogP contribution in [0.5, 0.6) is 5.75 Å². The fourth-order valence-electron chi connectivity index (χ4n) is 1.86. The molecule has 3 N–H and O–H groups in total. The predicted octanol–water partition coefficient (Wildman–Crippen LogP) is 3.26. The van der Waals surface area contributed by atoms with E-state index in [1.54, 1.807) is 13.2 Å². The van der Waals surface area contributed by atoms with Crippen molar-refractivity contribution in [2.45, 2.75) is 26.7 Å². The van der Waals surface area contributed by atoms with E-state index in [9.17, 15) is 4.79 Å². The highest BCUT2D eigenvalue weighted by atomic mass is 32.1. The Kier molecular flexibility index (Phi) is 4.44. The van der Waals surface area contributed by atoms with E-state index in [-0.39, 0.29) is 5.91 Å². The second-order valence-corrected chi connectivity index (χ2v) is 5.89. The largest absolute Gasteiger partial charge is 0.494 e. The molecule has 108 valence electrons. The van der Waals surface area contributed by atoms with Crippen molar-refractivity contribution in [1.82, 2.24) is 4.98 Å². The third kappa shape index (κ3) is 3.19. The number of ether oxygens (including phenoxy) is 1. The molecule has 20 heavy (non-hydrogen) atoms. The van der Waals surface area contributed by atoms with E-state index >= 15 is 0 Å². The standard InChI is InChI=1S/C14H19N3O2S/c1-4-8(2)5-12(18)16-14-17-13-10(19-3)6-9(15)7-11(13)20-14/h6-8H,4-5,15H2,1-3H3,(H,16,17,18). The summed E-state index contributed by atoms with van der Waals surface area (Å²) in [5, 5.41) is 3.42. The predicted molar refractivity (Wildman–Crippen MR) is 83.3 cm³/mol. The maximum Gasteiger partial charge on any atom is 0.226 e. The van der Waals surface area contributed by atoms with E-state index in [2.05, 4.69) is 24.1 Å². The summed E-state index contributed by atoms with van der Waals surface area (Å²) in [7, 11) is 1.58. The van der Waals surface area contributed by atoms with Crippen LogP contribution in [0.15, 0.2) is 12.1 Å². The van der Waals surface area contributed by atoms with Crippen molar-refractivity contribution >= 4 is 38.3 Å². The lowest BCUT2D eigenvalue weighted by molar-refractivity contribution is -0.117. The number of nitrogens with two attached hydrogens (primary N) is 1. The van der Waals surface area contributed by atoms with Gasteiger partial charge in [0.2, 0.25) is 5.91 Å². The summed E-state index contributed by atoms with van der Waals surface area (Å²) in [4.78, 5) is 16.3. The molecular formula is C14H19N3O2S. The smallest absolute Gasteiger partial charge is 0.226 e. The van der Waals surface area contributed by atoms with Crippen molar-refractivity contribution in [2.24, 2.45) is 5.92 Å². The van der Waals surface area contributed by atoms with Crippen molar-refractivity contribution < 1.29 is 9.53 Å². The molecule has 0 fully saturated rings. The number of thiazole rings is 1. The Morgan fingerprint density at radius 1 is 1.55 bits per heavy atom. The van der Waals surface area contributed by atoms with E-state index in [1.807, 2.05) is 6.07 Å². The van der Waals surface area contributed by atoms with Crippen molar-refractivity contribution in [3.63, 3.8) is 0 Å². The van der Waals surface area contributed by atoms with Crippen LogP contribution >= 0.6 is 11.3 Å². The molecule has 0 radical (unpaired) electrons. The Balaban J connectivity index is 2.22. The van der Waals surface area contributed by atoms with Crippen LogP contribution in [0, 0.1) is 5.92 Å². The molecule has 0 saturated heterocycles. The van der Waals surface area contributed by atoms with Crippen LogP contribution in [0.2, 0.25) is 0 Å². The monoisotopic (exact) mass is 293 g/mol. The van der Waals surface area contributed by atoms with Crippen LogP contribution in [0.25, 0.3) is 10.2 Å². The van der Waals surface area contributed by atoms with Gasteiger partial charge in [0.25, 0.3) is 0 Å². The number of fused-ring (bicyclic) bond motifs is 1. The highest BCUT2D eigenvalue weighted by molar-refractivity contribution is 7.22. The highest BCUT2D eigenvalue weighted by Crippen LogP contribution is 2.34. The number of hydrogen-bond donors (Lipinski definition) is 2. The fraction of sp³-hybridized carbons (Fsp3) is 0.429. The molecule has 2 aromatic rings. The Morgan fingerprint density at radius 3 is 2.95 bits per heavy atom. The van der Waals surface area contributed by atoms with Gasteiger partial charge in [0, 0.05) is 18.2 Å². The van der Waals surface area contributed by atoms with Gasteiger partial charge in [0.05, 0.1) is 11.8 Å². The summed E-state index contributed by atoms with van der Waals surface area (Å²) in [6.45, 7) is 4.13. The topological polar surface area (TPSA) is 77.2 Å². The average Bonchev–Trinajstić information content (AvgIpc) is 2.79. The van der Waals surface area contributed by atoms with Gasteiger partial charge >= 0.3 is 0 Å². The van der Waals surface area contributed by atoms with Gasteiger partial charge in [0.1, 0.15) is 11.3 Å². The van der Waals surface area contributed by atoms with Gasteiger partial charge < -0.3 is 15.8 Å². The number of nitrogens with zero attached hydrogens (tertiary/aromatic N) is 1. The zero-order valence-corrected chi connectivity index (χ0v) is 12.7. The Morgan fingerprint density at radius 2 is 2.30 bits per heavy atom. The Bertz CT molecular complexity index is 624. The SMILES string of the molecule is CCC(C)CC(=O)Nc1nc2c(OC)cc(N)cc2s1. The second-order valence-electron chi connectivity index (χ2n) is 4.85. The summed E-state index contributed by atoms with van der Waals surface area (Å²) in [5.41, 5.74) is 7.15. The first-order valence-electron chi connectivity index (χ1n) is 6.57. The lowest BCUT2D eigenvalue weighted by Gasteiger charge is -2.06. The minimum Gasteiger partial charge on any atom is -0.494 e. The molecule has 1 aromatic carbocycles. The summed E-state index contributed by atoms with van der Waals surface area (Å²) < 4.78 is 6.16. The van der Waals surface area contributed by atoms with E-state index in [0.717, 1.165) is 16.6 Å². The fourth-order valence-corrected chi connectivity index (χ4v) is 2.81. The number of rotatable bonds is 5. The van der Waals surface area contributed by atoms with Crippen LogP contribution in [-0.2, 0) is 4.79 Å². The van der Waals surface area contributed by atoms with Gasteiger partial charge in [-0.15, -0.1) is 0 Å². The minimum atomic E-state index is -0.00894. The Labute approximate surface area is 122 Å². The van der Waals surface area contributed by atoms with Gasteiger partial charge in [-0.3, -0.25) is 4.79 Å². The third-order valence-corrected chi connectivity index (χ3v) is 4.10. The minimum absolute atomic E-state index is 0.00894. The first kappa shape index (κ1) is 14.6. The molecule has 1 heterocycles. The van der Waals surface area contributed by atoms with Crippen molar-refractivity contribution in [1.29, 1.82) is 0 Å². The first-order valence-corrected chi connectivity index (χ1v) is 7.39. The number of carbonyl (C=O) groups is 1. The van der Waals surface area contributed by atoms with E-state index < -0.39 is 0 Å². The van der Waals surface area contributed by atoms with Crippen LogP contribution in [0.3, 0.4) is 0 Å². The van der Waals surface area contributed by atoms with Crippen LogP contribution in [-0.4, -0.2) is 18.0 Å². The molecule has 0 aliphatic rings. The molecule has 6 heteroatoms. The second kappa shape index (κ2) is 6.09. The van der Waals surface area contributed by atoms with Gasteiger partial charge in [-0.2, -0.15) is 0 Å². The molecule has 0 spiro atoms. The van der Waals surface area contributed by atoms with Crippen molar-refractivity contribution in [3.8, 4) is 5.75 Å². The number of nitrogens with one attached hydrogen (secondary N) is 1. The van der Waals surface area contributed by atoms with Crippen LogP contribution in [0.1, 0.15) is 26.7 Å². The average molecular weight is 293 g/mol. The van der Waals surface area contributed by atoms with Gasteiger partial charge in [-0.25, -0.2) is 4.98 Å². The quantitative estimate of drug-likeness (QED) is 0.829. The molecule has 1 amide bonds. The van der Waals surface area contributed by atoms with E-state index in [0.29, 0.717) is 28.9 Å². The molecule has 0 aliphatic carbocycles. The highest BCUT2D eigenvalue weighted by Gasteiger charge is 2.13. The van der Waals surface area contributed by atoms with E-state index in [4.69, 9.17) is 10.5 Å². The maximum atomic E-state index is 11.9. The molecule has 1 unspecified atom stereocenters. The zero-order chi connectivity index (χ0) is 14.7. The lowest BCUT2D eigenvalue weighted by Crippen LogP contribution is -2.14. The molecule has 1 atom stereocenters. The van der Waals surface area contributed by atoms with Crippen LogP contribution in [0.4, 0.5) is 10.8 Å².